The smallest absolute Gasteiger partial charge is 0.370 e. The third-order valence-electron chi connectivity index (χ3n) is 7.57. The quantitative estimate of drug-likeness (QED) is 0.688. The van der Waals surface area contributed by atoms with Crippen molar-refractivity contribution in [3.63, 3.8) is 0 Å². The van der Waals surface area contributed by atoms with Gasteiger partial charge in [0.15, 0.2) is 0 Å². The highest BCUT2D eigenvalue weighted by Crippen LogP contribution is 2.47. The lowest BCUT2D eigenvalue weighted by Crippen LogP contribution is -2.50. The molecule has 0 aromatic heterocycles. The Hall–Kier alpha value is -2.76. The highest BCUT2D eigenvalue weighted by Gasteiger charge is 2.53. The Morgan fingerprint density at radius 2 is 1.79 bits per heavy atom. The summed E-state index contributed by atoms with van der Waals surface area (Å²) in [4.78, 5) is 31.3. The molecule has 0 N–H and O–H groups in total. The van der Waals surface area contributed by atoms with Crippen LogP contribution in [0.15, 0.2) is 18.2 Å². The van der Waals surface area contributed by atoms with E-state index in [1.165, 1.54) is 6.07 Å². The number of likely N-dealkylation sites (tertiary alicyclic amines) is 2. The zero-order chi connectivity index (χ0) is 23.8. The number of nitriles is 1. The molecule has 1 aromatic rings. The van der Waals surface area contributed by atoms with E-state index < -0.39 is 17.3 Å². The van der Waals surface area contributed by atoms with Crippen LogP contribution in [0.3, 0.4) is 0 Å². The van der Waals surface area contributed by atoms with Crippen LogP contribution >= 0.6 is 0 Å². The maximum atomic E-state index is 13.5. The first-order chi connectivity index (χ1) is 15.7. The van der Waals surface area contributed by atoms with Crippen molar-refractivity contribution >= 4 is 17.5 Å². The summed E-state index contributed by atoms with van der Waals surface area (Å²) < 4.78 is 40.6. The zero-order valence-corrected chi connectivity index (χ0v) is 18.8. The molecule has 0 radical (unpaired) electrons. The predicted molar refractivity (Wildman–Crippen MR) is 116 cm³/mol. The van der Waals surface area contributed by atoms with Gasteiger partial charge in [0.2, 0.25) is 11.8 Å². The highest BCUT2D eigenvalue weighted by molar-refractivity contribution is 5.82. The average molecular weight is 463 g/mol. The van der Waals surface area contributed by atoms with Crippen LogP contribution in [0.5, 0.6) is 0 Å². The average Bonchev–Trinajstić information content (AvgIpc) is 3.47. The molecule has 4 rings (SSSR count). The van der Waals surface area contributed by atoms with E-state index in [2.05, 4.69) is 0 Å². The van der Waals surface area contributed by atoms with Crippen molar-refractivity contribution in [3.05, 3.63) is 29.3 Å². The monoisotopic (exact) mass is 462 g/mol. The molecule has 1 unspecified atom stereocenters. The Morgan fingerprint density at radius 1 is 1.12 bits per heavy atom. The minimum absolute atomic E-state index is 0.0787. The molecular formula is C24H29F3N4O2. The van der Waals surface area contributed by atoms with Crippen LogP contribution in [-0.2, 0) is 15.8 Å². The molecule has 0 bridgehead atoms. The van der Waals surface area contributed by atoms with Crippen molar-refractivity contribution in [3.8, 4) is 6.07 Å². The fourth-order valence-corrected chi connectivity index (χ4v) is 5.66. The van der Waals surface area contributed by atoms with Gasteiger partial charge in [-0.15, -0.1) is 0 Å². The van der Waals surface area contributed by atoms with E-state index in [1.54, 1.807) is 12.1 Å². The van der Waals surface area contributed by atoms with Gasteiger partial charge in [0.1, 0.15) is 0 Å². The molecule has 3 saturated heterocycles. The molecule has 3 aliphatic rings. The SMILES string of the molecule is CCC(=O)N1CCC2(CC1)CN(c1ccc(C#N)c(C(F)(F)F)c1)CC2C(=O)N1CCCC1. The molecule has 2 amide bonds. The molecule has 0 aliphatic carbocycles. The third kappa shape index (κ3) is 4.40. The third-order valence-corrected chi connectivity index (χ3v) is 7.57. The number of hydrogen-bond acceptors (Lipinski definition) is 4. The van der Waals surface area contributed by atoms with Crippen LogP contribution in [-0.4, -0.2) is 60.9 Å². The van der Waals surface area contributed by atoms with E-state index in [-0.39, 0.29) is 23.1 Å². The van der Waals surface area contributed by atoms with Crippen molar-refractivity contribution in [2.45, 2.75) is 45.2 Å². The lowest BCUT2D eigenvalue weighted by molar-refractivity contribution is -0.140. The van der Waals surface area contributed by atoms with Gasteiger partial charge < -0.3 is 14.7 Å². The van der Waals surface area contributed by atoms with E-state index >= 15 is 0 Å². The van der Waals surface area contributed by atoms with Gasteiger partial charge in [-0.25, -0.2) is 0 Å². The Morgan fingerprint density at radius 3 is 2.36 bits per heavy atom. The van der Waals surface area contributed by atoms with Crippen molar-refractivity contribution in [2.75, 3.05) is 44.2 Å². The van der Waals surface area contributed by atoms with Crippen LogP contribution < -0.4 is 4.90 Å². The van der Waals surface area contributed by atoms with E-state index in [0.717, 1.165) is 32.0 Å². The normalized spacial score (nSPS) is 22.6. The van der Waals surface area contributed by atoms with Gasteiger partial charge in [-0.3, -0.25) is 9.59 Å². The maximum Gasteiger partial charge on any atom is 0.417 e. The summed E-state index contributed by atoms with van der Waals surface area (Å²) in [7, 11) is 0. The summed E-state index contributed by atoms with van der Waals surface area (Å²) in [6, 6.07) is 5.41. The van der Waals surface area contributed by atoms with Gasteiger partial charge in [-0.2, -0.15) is 18.4 Å². The first kappa shape index (κ1) is 23.4. The Bertz CT molecular complexity index is 957. The molecule has 33 heavy (non-hydrogen) atoms. The number of halogens is 3. The second kappa shape index (κ2) is 8.88. The minimum atomic E-state index is -4.63. The first-order valence-corrected chi connectivity index (χ1v) is 11.6. The van der Waals surface area contributed by atoms with E-state index in [0.29, 0.717) is 51.1 Å². The van der Waals surface area contributed by atoms with Crippen LogP contribution in [0.1, 0.15) is 50.2 Å². The lowest BCUT2D eigenvalue weighted by atomic mass is 9.70. The van der Waals surface area contributed by atoms with Crippen molar-refractivity contribution in [2.24, 2.45) is 11.3 Å². The van der Waals surface area contributed by atoms with Gasteiger partial charge in [-0.1, -0.05) is 6.92 Å². The Balaban J connectivity index is 1.64. The molecule has 1 atom stereocenters. The second-order valence-corrected chi connectivity index (χ2v) is 9.40. The number of carbonyl (C=O) groups excluding carboxylic acids is 2. The molecule has 0 saturated carbocycles. The highest BCUT2D eigenvalue weighted by atomic mass is 19.4. The van der Waals surface area contributed by atoms with E-state index in [9.17, 15) is 22.8 Å². The largest absolute Gasteiger partial charge is 0.417 e. The lowest BCUT2D eigenvalue weighted by Gasteiger charge is -2.42. The fraction of sp³-hybridized carbons (Fsp3) is 0.625. The minimum Gasteiger partial charge on any atom is -0.370 e. The maximum absolute atomic E-state index is 13.5. The molecule has 3 heterocycles. The molecule has 6 nitrogen and oxygen atoms in total. The van der Waals surface area contributed by atoms with Crippen molar-refractivity contribution in [1.82, 2.24) is 9.80 Å². The molecule has 3 aliphatic heterocycles. The van der Waals surface area contributed by atoms with Crippen LogP contribution in [0.4, 0.5) is 18.9 Å². The van der Waals surface area contributed by atoms with Gasteiger partial charge in [0.05, 0.1) is 23.1 Å². The molecular weight excluding hydrogens is 433 g/mol. The van der Waals surface area contributed by atoms with E-state index in [1.807, 2.05) is 21.6 Å². The number of carbonyl (C=O) groups is 2. The Kier molecular flexibility index (Phi) is 6.30. The summed E-state index contributed by atoms with van der Waals surface area (Å²) in [5.41, 5.74) is -1.36. The number of piperidine rings is 1. The molecule has 3 fully saturated rings. The van der Waals surface area contributed by atoms with Gasteiger partial charge in [-0.05, 0) is 43.9 Å². The summed E-state index contributed by atoms with van der Waals surface area (Å²) >= 11 is 0. The van der Waals surface area contributed by atoms with Crippen LogP contribution in [0.25, 0.3) is 0 Å². The van der Waals surface area contributed by atoms with Crippen molar-refractivity contribution in [1.29, 1.82) is 5.26 Å². The van der Waals surface area contributed by atoms with Gasteiger partial charge in [0.25, 0.3) is 0 Å². The van der Waals surface area contributed by atoms with E-state index in [4.69, 9.17) is 5.26 Å². The Labute approximate surface area is 191 Å². The number of nitrogens with zero attached hydrogens (tertiary/aromatic N) is 4. The zero-order valence-electron chi connectivity index (χ0n) is 18.8. The molecule has 9 heteroatoms. The number of hydrogen-bond donors (Lipinski definition) is 0. The first-order valence-electron chi connectivity index (χ1n) is 11.6. The number of anilines is 1. The standard InChI is InChI=1S/C24H29F3N4O2/c1-2-21(32)29-11-7-23(8-12-29)16-31(15-20(23)22(33)30-9-3-4-10-30)18-6-5-17(14-28)19(13-18)24(25,26)27/h5-6,13,20H,2-4,7-12,15-16H2,1H3. The summed E-state index contributed by atoms with van der Waals surface area (Å²) in [6.07, 6.45) is -0.948. The van der Waals surface area contributed by atoms with Gasteiger partial charge in [0, 0.05) is 56.8 Å². The number of benzene rings is 1. The number of amides is 2. The van der Waals surface area contributed by atoms with Crippen LogP contribution in [0.2, 0.25) is 0 Å². The van der Waals surface area contributed by atoms with Gasteiger partial charge >= 0.3 is 6.18 Å². The summed E-state index contributed by atoms with van der Waals surface area (Å²) in [5, 5.41) is 9.12. The van der Waals surface area contributed by atoms with Crippen molar-refractivity contribution < 1.29 is 22.8 Å². The molecule has 178 valence electrons. The molecule has 1 spiro atoms. The molecule has 1 aromatic carbocycles. The second-order valence-electron chi connectivity index (χ2n) is 9.40. The number of rotatable bonds is 3. The topological polar surface area (TPSA) is 67.6 Å². The number of alkyl halides is 3. The summed E-state index contributed by atoms with van der Waals surface area (Å²) in [5.74, 6) is -0.154. The summed E-state index contributed by atoms with van der Waals surface area (Å²) in [6.45, 7) is 5.21. The fourth-order valence-electron chi connectivity index (χ4n) is 5.66. The predicted octanol–water partition coefficient (Wildman–Crippen LogP) is 3.65. The van der Waals surface area contributed by atoms with Crippen LogP contribution in [0, 0.1) is 22.7 Å².